The van der Waals surface area contributed by atoms with Gasteiger partial charge in [-0.1, -0.05) is 6.07 Å². The maximum Gasteiger partial charge on any atom is 0.130 e. The van der Waals surface area contributed by atoms with Crippen molar-refractivity contribution in [3.05, 3.63) is 59.6 Å². The van der Waals surface area contributed by atoms with Crippen molar-refractivity contribution < 1.29 is 13.2 Å². The molecule has 0 fully saturated rings. The van der Waals surface area contributed by atoms with Crippen LogP contribution in [-0.4, -0.2) is 25.5 Å². The molecule has 0 saturated heterocycles. The Labute approximate surface area is 123 Å². The van der Waals surface area contributed by atoms with Crippen molar-refractivity contribution in [2.45, 2.75) is 19.0 Å². The highest BCUT2D eigenvalue weighted by Crippen LogP contribution is 2.23. The molecule has 114 valence electrons. The fourth-order valence-electron chi connectivity index (χ4n) is 2.33. The molecule has 2 unspecified atom stereocenters. The third kappa shape index (κ3) is 3.68. The highest BCUT2D eigenvalue weighted by atomic mass is 19.1. The summed E-state index contributed by atoms with van der Waals surface area (Å²) >= 11 is 0. The molecule has 1 aromatic carbocycles. The van der Waals surface area contributed by atoms with E-state index in [1.807, 2.05) is 31.1 Å². The molecule has 3 nitrogen and oxygen atoms in total. The maximum atomic E-state index is 13.7. The van der Waals surface area contributed by atoms with E-state index in [9.17, 15) is 8.78 Å². The summed E-state index contributed by atoms with van der Waals surface area (Å²) in [5.74, 6) is -0.252. The molecule has 2 atom stereocenters. The third-order valence-corrected chi connectivity index (χ3v) is 3.55. The van der Waals surface area contributed by atoms with E-state index in [0.29, 0.717) is 6.54 Å². The molecule has 0 saturated carbocycles. The van der Waals surface area contributed by atoms with E-state index in [2.05, 4.69) is 5.32 Å². The van der Waals surface area contributed by atoms with Crippen LogP contribution < -0.4 is 5.32 Å². The maximum absolute atomic E-state index is 13.7. The van der Waals surface area contributed by atoms with Crippen LogP contribution in [0.25, 0.3) is 0 Å². The second kappa shape index (κ2) is 6.83. The summed E-state index contributed by atoms with van der Waals surface area (Å²) in [6, 6.07) is 7.19. The summed E-state index contributed by atoms with van der Waals surface area (Å²) < 4.78 is 32.9. The molecular weight excluding hydrogens is 274 g/mol. The van der Waals surface area contributed by atoms with Gasteiger partial charge in [-0.25, -0.2) is 8.78 Å². The van der Waals surface area contributed by atoms with E-state index in [-0.39, 0.29) is 11.6 Å². The number of nitrogens with one attached hydrogen (secondary N) is 1. The van der Waals surface area contributed by atoms with Gasteiger partial charge in [0.2, 0.25) is 0 Å². The lowest BCUT2D eigenvalue weighted by Crippen LogP contribution is -2.32. The Bertz CT molecular complexity index is 549. The molecule has 2 rings (SSSR count). The van der Waals surface area contributed by atoms with Gasteiger partial charge in [0.1, 0.15) is 17.4 Å². The first-order valence-electron chi connectivity index (χ1n) is 6.87. The third-order valence-electron chi connectivity index (χ3n) is 3.55. The highest BCUT2D eigenvalue weighted by Gasteiger charge is 2.20. The Kier molecular flexibility index (Phi) is 5.09. The van der Waals surface area contributed by atoms with Crippen LogP contribution in [0, 0.1) is 11.6 Å². The van der Waals surface area contributed by atoms with E-state index >= 15 is 0 Å². The van der Waals surface area contributed by atoms with Crippen molar-refractivity contribution in [2.24, 2.45) is 0 Å². The lowest BCUT2D eigenvalue weighted by molar-refractivity contribution is 0.244. The predicted octanol–water partition coefficient (Wildman–Crippen LogP) is 3.51. The normalized spacial score (nSPS) is 14.4. The van der Waals surface area contributed by atoms with Crippen molar-refractivity contribution in [2.75, 3.05) is 20.6 Å². The zero-order valence-electron chi connectivity index (χ0n) is 12.4. The first kappa shape index (κ1) is 15.7. The molecule has 5 heteroatoms. The van der Waals surface area contributed by atoms with Crippen LogP contribution in [0.5, 0.6) is 0 Å². The van der Waals surface area contributed by atoms with Crippen LogP contribution in [0.2, 0.25) is 0 Å². The van der Waals surface area contributed by atoms with Crippen molar-refractivity contribution in [1.29, 1.82) is 0 Å². The molecule has 1 heterocycles. The minimum Gasteiger partial charge on any atom is -0.468 e. The van der Waals surface area contributed by atoms with Crippen LogP contribution in [0.1, 0.15) is 30.3 Å². The Morgan fingerprint density at radius 2 is 1.81 bits per heavy atom. The summed E-state index contributed by atoms with van der Waals surface area (Å²) in [5.41, 5.74) is 0.0643. The van der Waals surface area contributed by atoms with Crippen LogP contribution in [-0.2, 0) is 0 Å². The summed E-state index contributed by atoms with van der Waals surface area (Å²) in [6.07, 6.45) is 1.62. The fourth-order valence-corrected chi connectivity index (χ4v) is 2.33. The average Bonchev–Trinajstić information content (AvgIpc) is 2.92. The monoisotopic (exact) mass is 294 g/mol. The van der Waals surface area contributed by atoms with Gasteiger partial charge in [-0.2, -0.15) is 0 Å². The molecule has 2 aromatic rings. The van der Waals surface area contributed by atoms with Crippen LogP contribution >= 0.6 is 0 Å². The Morgan fingerprint density at radius 3 is 2.33 bits per heavy atom. The smallest absolute Gasteiger partial charge is 0.130 e. The number of likely N-dealkylation sites (N-methyl/N-ethyl adjacent to an activating group) is 1. The molecule has 1 N–H and O–H groups in total. The Balaban J connectivity index is 2.07. The molecular formula is C16H20F2N2O. The van der Waals surface area contributed by atoms with Crippen LogP contribution in [0.4, 0.5) is 8.78 Å². The lowest BCUT2D eigenvalue weighted by Gasteiger charge is -2.25. The van der Waals surface area contributed by atoms with Crippen LogP contribution in [0.3, 0.4) is 0 Å². The Hall–Kier alpha value is -1.72. The van der Waals surface area contributed by atoms with E-state index < -0.39 is 17.7 Å². The van der Waals surface area contributed by atoms with E-state index in [1.54, 1.807) is 13.2 Å². The van der Waals surface area contributed by atoms with E-state index in [0.717, 1.165) is 5.76 Å². The molecule has 21 heavy (non-hydrogen) atoms. The molecule has 0 aliphatic carbocycles. The molecule has 1 aromatic heterocycles. The molecule has 0 aliphatic rings. The van der Waals surface area contributed by atoms with Gasteiger partial charge in [0, 0.05) is 18.2 Å². The molecule has 0 aliphatic heterocycles. The van der Waals surface area contributed by atoms with Crippen molar-refractivity contribution in [1.82, 2.24) is 10.2 Å². The zero-order chi connectivity index (χ0) is 15.4. The zero-order valence-corrected chi connectivity index (χ0v) is 12.4. The van der Waals surface area contributed by atoms with Crippen molar-refractivity contribution >= 4 is 0 Å². The highest BCUT2D eigenvalue weighted by molar-refractivity contribution is 5.22. The minimum atomic E-state index is -0.533. The van der Waals surface area contributed by atoms with Gasteiger partial charge in [-0.15, -0.1) is 0 Å². The number of halogens is 2. The molecule has 0 radical (unpaired) electrons. The number of rotatable bonds is 6. The summed E-state index contributed by atoms with van der Waals surface area (Å²) in [5, 5.41) is 3.17. The van der Waals surface area contributed by atoms with Gasteiger partial charge in [-0.05, 0) is 45.3 Å². The molecule has 0 bridgehead atoms. The summed E-state index contributed by atoms with van der Waals surface area (Å²) in [4.78, 5) is 2.00. The van der Waals surface area contributed by atoms with E-state index in [1.165, 1.54) is 18.2 Å². The van der Waals surface area contributed by atoms with Gasteiger partial charge in [0.05, 0.1) is 12.3 Å². The van der Waals surface area contributed by atoms with E-state index in [4.69, 9.17) is 4.42 Å². The average molecular weight is 294 g/mol. The van der Waals surface area contributed by atoms with Crippen LogP contribution in [0.15, 0.2) is 41.0 Å². The van der Waals surface area contributed by atoms with Crippen molar-refractivity contribution in [3.63, 3.8) is 0 Å². The molecule has 0 amide bonds. The predicted molar refractivity (Wildman–Crippen MR) is 77.9 cm³/mol. The number of nitrogens with zero attached hydrogens (tertiary/aromatic N) is 1. The van der Waals surface area contributed by atoms with Crippen molar-refractivity contribution in [3.8, 4) is 0 Å². The fraction of sp³-hybridized carbons (Fsp3) is 0.375. The summed E-state index contributed by atoms with van der Waals surface area (Å²) in [7, 11) is 3.87. The SMILES string of the molecule is CC(NCC(c1ccco1)N(C)C)c1c(F)cccc1F. The minimum absolute atomic E-state index is 0.00251. The first-order valence-corrected chi connectivity index (χ1v) is 6.87. The quantitative estimate of drug-likeness (QED) is 0.883. The number of benzene rings is 1. The van der Waals surface area contributed by atoms with Gasteiger partial charge in [0.15, 0.2) is 0 Å². The second-order valence-electron chi connectivity index (χ2n) is 5.26. The van der Waals surface area contributed by atoms with Gasteiger partial charge >= 0.3 is 0 Å². The first-order chi connectivity index (χ1) is 10.0. The summed E-state index contributed by atoms with van der Waals surface area (Å²) in [6.45, 7) is 2.27. The Morgan fingerprint density at radius 1 is 1.14 bits per heavy atom. The largest absolute Gasteiger partial charge is 0.468 e. The second-order valence-corrected chi connectivity index (χ2v) is 5.26. The lowest BCUT2D eigenvalue weighted by atomic mass is 10.1. The standard InChI is InChI=1S/C16H20F2N2O/c1-11(16-12(17)6-4-7-13(16)18)19-10-14(20(2)3)15-8-5-9-21-15/h4-9,11,14,19H,10H2,1-3H3. The number of hydrogen-bond donors (Lipinski definition) is 1. The van der Waals surface area contributed by atoms with Gasteiger partial charge in [-0.3, -0.25) is 4.90 Å². The van der Waals surface area contributed by atoms with Gasteiger partial charge < -0.3 is 9.73 Å². The topological polar surface area (TPSA) is 28.4 Å². The van der Waals surface area contributed by atoms with Gasteiger partial charge in [0.25, 0.3) is 0 Å². The number of hydrogen-bond acceptors (Lipinski definition) is 3. The number of furan rings is 1. The molecule has 0 spiro atoms.